The van der Waals surface area contributed by atoms with Crippen molar-refractivity contribution in [2.45, 2.75) is 32.1 Å². The number of hydrogen-bond acceptors (Lipinski definition) is 2. The van der Waals surface area contributed by atoms with E-state index in [0.717, 1.165) is 0 Å². The van der Waals surface area contributed by atoms with Crippen molar-refractivity contribution < 1.29 is 13.5 Å². The van der Waals surface area contributed by atoms with Crippen molar-refractivity contribution in [2.75, 3.05) is 18.4 Å². The zero-order chi connectivity index (χ0) is 14.0. The number of alkyl halides is 1. The summed E-state index contributed by atoms with van der Waals surface area (Å²) in [6.07, 6.45) is 0.0404. The average molecular weight is 334 g/mol. The molecule has 1 atom stereocenters. The Hall–Kier alpha value is -0.520. The number of rotatable bonds is 3. The Balaban J connectivity index is 2.14. The summed E-state index contributed by atoms with van der Waals surface area (Å²) in [4.78, 5) is 2.04. The molecule has 106 valence electrons. The lowest BCUT2D eigenvalue weighted by molar-refractivity contribution is -0.128. The summed E-state index contributed by atoms with van der Waals surface area (Å²) < 4.78 is 33.2. The van der Waals surface area contributed by atoms with E-state index in [1.807, 2.05) is 18.7 Å². The Morgan fingerprint density at radius 2 is 2.00 bits per heavy atom. The summed E-state index contributed by atoms with van der Waals surface area (Å²) in [6, 6.07) is 3.98. The van der Waals surface area contributed by atoms with E-state index >= 15 is 0 Å². The molecule has 19 heavy (non-hydrogen) atoms. The van der Waals surface area contributed by atoms with Crippen LogP contribution in [0.4, 0.5) is 8.78 Å². The van der Waals surface area contributed by atoms with Crippen molar-refractivity contribution in [2.24, 2.45) is 0 Å². The second-order valence-corrected chi connectivity index (χ2v) is 6.17. The van der Waals surface area contributed by atoms with Gasteiger partial charge in [0.15, 0.2) is 0 Å². The zero-order valence-corrected chi connectivity index (χ0v) is 12.7. The number of morpholine rings is 1. The molecule has 1 saturated heterocycles. The van der Waals surface area contributed by atoms with E-state index < -0.39 is 11.6 Å². The minimum atomic E-state index is -0.486. The molecule has 1 heterocycles. The average Bonchev–Trinajstić information content (AvgIpc) is 2.32. The topological polar surface area (TPSA) is 12.5 Å². The van der Waals surface area contributed by atoms with Gasteiger partial charge in [-0.25, -0.2) is 8.78 Å². The molecule has 5 heteroatoms. The minimum Gasteiger partial charge on any atom is -0.369 e. The molecule has 2 nitrogen and oxygen atoms in total. The van der Waals surface area contributed by atoms with Crippen molar-refractivity contribution in [3.63, 3.8) is 0 Å². The van der Waals surface area contributed by atoms with Crippen LogP contribution in [0.15, 0.2) is 18.2 Å². The van der Waals surface area contributed by atoms with Gasteiger partial charge in [0, 0.05) is 30.5 Å². The number of nitrogens with zero attached hydrogens (tertiary/aromatic N) is 1. The van der Waals surface area contributed by atoms with Crippen molar-refractivity contribution in [1.82, 2.24) is 4.90 Å². The van der Waals surface area contributed by atoms with Gasteiger partial charge < -0.3 is 4.74 Å². The Morgan fingerprint density at radius 3 is 2.58 bits per heavy atom. The predicted octanol–water partition coefficient (Wildman–Crippen LogP) is 3.34. The summed E-state index contributed by atoms with van der Waals surface area (Å²) in [6.45, 7) is 5.58. The lowest BCUT2D eigenvalue weighted by Crippen LogP contribution is -2.52. The molecule has 0 aliphatic carbocycles. The van der Waals surface area contributed by atoms with E-state index in [1.54, 1.807) is 0 Å². The highest BCUT2D eigenvalue weighted by Gasteiger charge is 2.33. The molecule has 1 aromatic rings. The van der Waals surface area contributed by atoms with Gasteiger partial charge in [-0.1, -0.05) is 22.0 Å². The van der Waals surface area contributed by atoms with Crippen LogP contribution in [-0.4, -0.2) is 35.0 Å². The Morgan fingerprint density at radius 1 is 1.37 bits per heavy atom. The van der Waals surface area contributed by atoms with Crippen molar-refractivity contribution in [1.29, 1.82) is 0 Å². The van der Waals surface area contributed by atoms with Crippen molar-refractivity contribution in [3.05, 3.63) is 35.4 Å². The van der Waals surface area contributed by atoms with E-state index in [-0.39, 0.29) is 23.8 Å². The fraction of sp³-hybridized carbons (Fsp3) is 0.571. The monoisotopic (exact) mass is 333 g/mol. The third-order valence-electron chi connectivity index (χ3n) is 3.17. The summed E-state index contributed by atoms with van der Waals surface area (Å²) in [5.74, 6) is -0.973. The molecule has 0 N–H and O–H groups in total. The summed E-state index contributed by atoms with van der Waals surface area (Å²) in [5, 5.41) is 0.715. The van der Waals surface area contributed by atoms with Gasteiger partial charge in [-0.15, -0.1) is 0 Å². The quantitative estimate of drug-likeness (QED) is 0.786. The van der Waals surface area contributed by atoms with Gasteiger partial charge >= 0.3 is 0 Å². The summed E-state index contributed by atoms with van der Waals surface area (Å²) in [7, 11) is 0. The highest BCUT2D eigenvalue weighted by atomic mass is 79.9. The van der Waals surface area contributed by atoms with Gasteiger partial charge in [0.2, 0.25) is 0 Å². The van der Waals surface area contributed by atoms with Gasteiger partial charge in [0.05, 0.1) is 11.7 Å². The number of benzene rings is 1. The highest BCUT2D eigenvalue weighted by molar-refractivity contribution is 9.09. The molecule has 1 fully saturated rings. The van der Waals surface area contributed by atoms with Gasteiger partial charge in [-0.3, -0.25) is 4.90 Å². The third kappa shape index (κ3) is 3.74. The normalized spacial score (nSPS) is 23.5. The molecular weight excluding hydrogens is 316 g/mol. The number of halogens is 3. The van der Waals surface area contributed by atoms with E-state index in [2.05, 4.69) is 15.9 Å². The van der Waals surface area contributed by atoms with Crippen LogP contribution in [0.3, 0.4) is 0 Å². The molecule has 2 rings (SSSR count). The maximum Gasteiger partial charge on any atom is 0.130 e. The maximum absolute atomic E-state index is 13.7. The van der Waals surface area contributed by atoms with E-state index in [9.17, 15) is 8.78 Å². The molecule has 0 bridgehead atoms. The first-order valence-electron chi connectivity index (χ1n) is 6.30. The van der Waals surface area contributed by atoms with Crippen LogP contribution in [0.2, 0.25) is 0 Å². The molecule has 0 saturated carbocycles. The van der Waals surface area contributed by atoms with Crippen LogP contribution in [0.1, 0.15) is 19.4 Å². The molecule has 0 radical (unpaired) electrons. The minimum absolute atomic E-state index is 0.0404. The SMILES string of the molecule is CC1(C)CN(Cc2c(F)cccc2F)CC(CBr)O1. The molecular formula is C14H18BrF2NO. The smallest absolute Gasteiger partial charge is 0.130 e. The lowest BCUT2D eigenvalue weighted by Gasteiger charge is -2.42. The standard InChI is InChI=1S/C14H18BrF2NO/c1-14(2)9-18(7-10(6-15)19-14)8-11-12(16)4-3-5-13(11)17/h3-5,10H,6-9H2,1-2H3. The second kappa shape index (κ2) is 5.85. The van der Waals surface area contributed by atoms with E-state index in [4.69, 9.17) is 4.74 Å². The fourth-order valence-electron chi connectivity index (χ4n) is 2.52. The second-order valence-electron chi connectivity index (χ2n) is 5.52. The predicted molar refractivity (Wildman–Crippen MR) is 74.4 cm³/mol. The van der Waals surface area contributed by atoms with Crippen molar-refractivity contribution in [3.8, 4) is 0 Å². The van der Waals surface area contributed by atoms with Gasteiger partial charge in [-0.05, 0) is 26.0 Å². The Bertz CT molecular complexity index is 433. The molecule has 0 amide bonds. The fourth-order valence-corrected chi connectivity index (χ4v) is 2.86. The van der Waals surface area contributed by atoms with E-state index in [1.165, 1.54) is 18.2 Å². The Kier molecular flexibility index (Phi) is 4.58. The molecule has 0 spiro atoms. The van der Waals surface area contributed by atoms with Crippen LogP contribution in [0.25, 0.3) is 0 Å². The first-order chi connectivity index (χ1) is 8.91. The summed E-state index contributed by atoms with van der Waals surface area (Å²) >= 11 is 3.40. The Labute approximate surface area is 120 Å². The molecule has 0 aromatic heterocycles. The molecule has 1 aromatic carbocycles. The zero-order valence-electron chi connectivity index (χ0n) is 11.1. The van der Waals surface area contributed by atoms with Gasteiger partial charge in [0.1, 0.15) is 11.6 Å². The maximum atomic E-state index is 13.7. The third-order valence-corrected chi connectivity index (χ3v) is 3.89. The van der Waals surface area contributed by atoms with Gasteiger partial charge in [0.25, 0.3) is 0 Å². The van der Waals surface area contributed by atoms with Crippen LogP contribution in [-0.2, 0) is 11.3 Å². The highest BCUT2D eigenvalue weighted by Crippen LogP contribution is 2.24. The molecule has 1 aliphatic rings. The molecule has 1 unspecified atom stereocenters. The first-order valence-corrected chi connectivity index (χ1v) is 7.42. The van der Waals surface area contributed by atoms with Crippen molar-refractivity contribution >= 4 is 15.9 Å². The first kappa shape index (κ1) is 14.9. The molecule has 1 aliphatic heterocycles. The number of hydrogen-bond donors (Lipinski definition) is 0. The largest absolute Gasteiger partial charge is 0.369 e. The van der Waals surface area contributed by atoms with Gasteiger partial charge in [-0.2, -0.15) is 0 Å². The lowest BCUT2D eigenvalue weighted by atomic mass is 10.0. The van der Waals surface area contributed by atoms with Crippen LogP contribution >= 0.6 is 15.9 Å². The van der Waals surface area contributed by atoms with Crippen LogP contribution in [0.5, 0.6) is 0 Å². The summed E-state index contributed by atoms with van der Waals surface area (Å²) in [5.41, 5.74) is -0.174. The van der Waals surface area contributed by atoms with E-state index in [0.29, 0.717) is 18.4 Å². The van der Waals surface area contributed by atoms with Crippen LogP contribution < -0.4 is 0 Å². The van der Waals surface area contributed by atoms with Crippen LogP contribution in [0, 0.1) is 11.6 Å². The number of ether oxygens (including phenoxy) is 1.